The lowest BCUT2D eigenvalue weighted by molar-refractivity contribution is -0.125. The van der Waals surface area contributed by atoms with Gasteiger partial charge in [0, 0.05) is 6.54 Å². The van der Waals surface area contributed by atoms with E-state index in [1.54, 1.807) is 12.1 Å². The maximum Gasteiger partial charge on any atom is 0.230 e. The van der Waals surface area contributed by atoms with Crippen molar-refractivity contribution in [3.05, 3.63) is 59.2 Å². The lowest BCUT2D eigenvalue weighted by Gasteiger charge is -2.26. The van der Waals surface area contributed by atoms with E-state index in [2.05, 4.69) is 11.4 Å². The first-order chi connectivity index (χ1) is 12.0. The van der Waals surface area contributed by atoms with Crippen molar-refractivity contribution in [2.45, 2.75) is 25.8 Å². The molecule has 3 rings (SSSR count). The van der Waals surface area contributed by atoms with Crippen LogP contribution in [0.15, 0.2) is 42.5 Å². The van der Waals surface area contributed by atoms with E-state index >= 15 is 0 Å². The SMILES string of the molecule is CC(C)(C(=O)NCc1cccc(C#N)c1)c1ccc2c(c1)OCCO2. The maximum absolute atomic E-state index is 12.7. The van der Waals surface area contributed by atoms with Crippen molar-refractivity contribution in [2.24, 2.45) is 0 Å². The Kier molecular flexibility index (Phi) is 4.62. The molecule has 0 spiro atoms. The fraction of sp³-hybridized carbons (Fsp3) is 0.300. The third kappa shape index (κ3) is 3.58. The van der Waals surface area contributed by atoms with E-state index < -0.39 is 5.41 Å². The van der Waals surface area contributed by atoms with Crippen LogP contribution in [0.3, 0.4) is 0 Å². The first kappa shape index (κ1) is 16.8. The summed E-state index contributed by atoms with van der Waals surface area (Å²) in [5.41, 5.74) is 1.62. The highest BCUT2D eigenvalue weighted by Gasteiger charge is 2.31. The van der Waals surface area contributed by atoms with Crippen molar-refractivity contribution in [3.8, 4) is 17.6 Å². The molecule has 5 nitrogen and oxygen atoms in total. The summed E-state index contributed by atoms with van der Waals surface area (Å²) in [6, 6.07) is 14.9. The standard InChI is InChI=1S/C20H20N2O3/c1-20(2,16-6-7-17-18(11-16)25-9-8-24-17)19(23)22-13-15-5-3-4-14(10-15)12-21/h3-7,10-11H,8-9,13H2,1-2H3,(H,22,23). The summed E-state index contributed by atoms with van der Waals surface area (Å²) in [7, 11) is 0. The molecule has 1 aliphatic heterocycles. The maximum atomic E-state index is 12.7. The zero-order chi connectivity index (χ0) is 17.9. The first-order valence-corrected chi connectivity index (χ1v) is 8.18. The Bertz CT molecular complexity index is 837. The molecule has 1 heterocycles. The lowest BCUT2D eigenvalue weighted by Crippen LogP contribution is -2.39. The van der Waals surface area contributed by atoms with Crippen LogP contribution >= 0.6 is 0 Å². The number of ether oxygens (including phenoxy) is 2. The number of rotatable bonds is 4. The number of carbonyl (C=O) groups is 1. The predicted molar refractivity (Wildman–Crippen MR) is 93.5 cm³/mol. The molecule has 0 unspecified atom stereocenters. The number of carbonyl (C=O) groups excluding carboxylic acids is 1. The number of fused-ring (bicyclic) bond motifs is 1. The molecule has 0 fully saturated rings. The second kappa shape index (κ2) is 6.86. The van der Waals surface area contributed by atoms with Crippen molar-refractivity contribution >= 4 is 5.91 Å². The van der Waals surface area contributed by atoms with Gasteiger partial charge in [-0.1, -0.05) is 18.2 Å². The molecule has 1 N–H and O–H groups in total. The largest absolute Gasteiger partial charge is 0.486 e. The Hall–Kier alpha value is -3.00. The van der Waals surface area contributed by atoms with Crippen LogP contribution in [0.5, 0.6) is 11.5 Å². The van der Waals surface area contributed by atoms with Crippen LogP contribution in [-0.4, -0.2) is 19.1 Å². The fourth-order valence-corrected chi connectivity index (χ4v) is 2.72. The molecule has 2 aromatic rings. The molecule has 0 bridgehead atoms. The van der Waals surface area contributed by atoms with Crippen LogP contribution in [-0.2, 0) is 16.8 Å². The summed E-state index contributed by atoms with van der Waals surface area (Å²) >= 11 is 0. The van der Waals surface area contributed by atoms with E-state index in [0.717, 1.165) is 11.1 Å². The Morgan fingerprint density at radius 1 is 1.16 bits per heavy atom. The minimum atomic E-state index is -0.720. The summed E-state index contributed by atoms with van der Waals surface area (Å²) in [5.74, 6) is 1.29. The highest BCUT2D eigenvalue weighted by molar-refractivity contribution is 5.87. The van der Waals surface area contributed by atoms with E-state index in [-0.39, 0.29) is 5.91 Å². The normalized spacial score (nSPS) is 13.0. The molecule has 0 atom stereocenters. The van der Waals surface area contributed by atoms with Gasteiger partial charge in [-0.25, -0.2) is 0 Å². The van der Waals surface area contributed by atoms with Crippen molar-refractivity contribution in [1.29, 1.82) is 5.26 Å². The van der Waals surface area contributed by atoms with Crippen molar-refractivity contribution in [3.63, 3.8) is 0 Å². The highest BCUT2D eigenvalue weighted by Crippen LogP contribution is 2.35. The molecular formula is C20H20N2O3. The van der Waals surface area contributed by atoms with E-state index in [0.29, 0.717) is 36.8 Å². The smallest absolute Gasteiger partial charge is 0.230 e. The molecule has 128 valence electrons. The van der Waals surface area contributed by atoms with Crippen molar-refractivity contribution in [1.82, 2.24) is 5.32 Å². The minimum absolute atomic E-state index is 0.0912. The van der Waals surface area contributed by atoms with Gasteiger partial charge in [-0.15, -0.1) is 0 Å². The van der Waals surface area contributed by atoms with Crippen LogP contribution < -0.4 is 14.8 Å². The van der Waals surface area contributed by atoms with Crippen molar-refractivity contribution < 1.29 is 14.3 Å². The van der Waals surface area contributed by atoms with Crippen LogP contribution in [0.25, 0.3) is 0 Å². The van der Waals surface area contributed by atoms with Gasteiger partial charge >= 0.3 is 0 Å². The minimum Gasteiger partial charge on any atom is -0.486 e. The van der Waals surface area contributed by atoms with Gasteiger partial charge in [0.15, 0.2) is 11.5 Å². The van der Waals surface area contributed by atoms with E-state index in [4.69, 9.17) is 14.7 Å². The first-order valence-electron chi connectivity index (χ1n) is 8.18. The molecule has 0 saturated heterocycles. The van der Waals surface area contributed by atoms with Crippen LogP contribution in [0.4, 0.5) is 0 Å². The quantitative estimate of drug-likeness (QED) is 0.932. The Labute approximate surface area is 147 Å². The average Bonchev–Trinajstić information content (AvgIpc) is 2.65. The Morgan fingerprint density at radius 3 is 2.68 bits per heavy atom. The molecule has 0 radical (unpaired) electrons. The van der Waals surface area contributed by atoms with Gasteiger partial charge < -0.3 is 14.8 Å². The molecule has 0 aliphatic carbocycles. The summed E-state index contributed by atoms with van der Waals surface area (Å²) in [6.07, 6.45) is 0. The zero-order valence-electron chi connectivity index (χ0n) is 14.3. The van der Waals surface area contributed by atoms with Gasteiger partial charge in [-0.2, -0.15) is 5.26 Å². The number of nitriles is 1. The van der Waals surface area contributed by atoms with Gasteiger partial charge in [0.25, 0.3) is 0 Å². The second-order valence-electron chi connectivity index (χ2n) is 6.48. The van der Waals surface area contributed by atoms with E-state index in [1.165, 1.54) is 0 Å². The summed E-state index contributed by atoms with van der Waals surface area (Å²) in [5, 5.41) is 11.9. The highest BCUT2D eigenvalue weighted by atomic mass is 16.6. The third-order valence-corrected chi connectivity index (χ3v) is 4.34. The summed E-state index contributed by atoms with van der Waals surface area (Å²) in [4.78, 5) is 12.7. The van der Waals surface area contributed by atoms with E-state index in [1.807, 2.05) is 44.2 Å². The Balaban J connectivity index is 1.73. The van der Waals surface area contributed by atoms with Gasteiger partial charge in [-0.3, -0.25) is 4.79 Å². The van der Waals surface area contributed by atoms with Gasteiger partial charge in [0.1, 0.15) is 13.2 Å². The molecule has 5 heteroatoms. The number of nitrogens with zero attached hydrogens (tertiary/aromatic N) is 1. The zero-order valence-corrected chi connectivity index (χ0v) is 14.3. The van der Waals surface area contributed by atoms with Gasteiger partial charge in [-0.05, 0) is 49.2 Å². The number of nitrogens with one attached hydrogen (secondary N) is 1. The van der Waals surface area contributed by atoms with Crippen LogP contribution in [0.2, 0.25) is 0 Å². The molecular weight excluding hydrogens is 316 g/mol. The number of amides is 1. The number of hydrogen-bond donors (Lipinski definition) is 1. The van der Waals surface area contributed by atoms with Crippen LogP contribution in [0.1, 0.15) is 30.5 Å². The summed E-state index contributed by atoms with van der Waals surface area (Å²) in [6.45, 7) is 5.18. The topological polar surface area (TPSA) is 71.4 Å². The third-order valence-electron chi connectivity index (χ3n) is 4.34. The number of benzene rings is 2. The monoisotopic (exact) mass is 336 g/mol. The fourth-order valence-electron chi connectivity index (χ4n) is 2.72. The molecule has 0 saturated carbocycles. The average molecular weight is 336 g/mol. The molecule has 2 aromatic carbocycles. The van der Waals surface area contributed by atoms with Crippen LogP contribution in [0, 0.1) is 11.3 Å². The van der Waals surface area contributed by atoms with Gasteiger partial charge in [0.05, 0.1) is 17.0 Å². The van der Waals surface area contributed by atoms with E-state index in [9.17, 15) is 4.79 Å². The van der Waals surface area contributed by atoms with Crippen molar-refractivity contribution in [2.75, 3.05) is 13.2 Å². The Morgan fingerprint density at radius 2 is 1.92 bits per heavy atom. The molecule has 1 aliphatic rings. The second-order valence-corrected chi connectivity index (χ2v) is 6.48. The predicted octanol–water partition coefficient (Wildman–Crippen LogP) is 2.92. The lowest BCUT2D eigenvalue weighted by atomic mass is 9.83. The number of hydrogen-bond acceptors (Lipinski definition) is 4. The molecule has 1 amide bonds. The van der Waals surface area contributed by atoms with Gasteiger partial charge in [0.2, 0.25) is 5.91 Å². The molecule has 25 heavy (non-hydrogen) atoms. The summed E-state index contributed by atoms with van der Waals surface area (Å²) < 4.78 is 11.1. The molecule has 0 aromatic heterocycles.